The predicted octanol–water partition coefficient (Wildman–Crippen LogP) is 2.04. The van der Waals surface area contributed by atoms with Crippen LogP contribution in [0, 0.1) is 5.92 Å². The van der Waals surface area contributed by atoms with Crippen molar-refractivity contribution in [1.82, 2.24) is 10.3 Å². The number of hydrogen-bond acceptors (Lipinski definition) is 3. The minimum atomic E-state index is -0.0166. The molecule has 0 bridgehead atoms. The van der Waals surface area contributed by atoms with E-state index in [0.717, 1.165) is 12.3 Å². The van der Waals surface area contributed by atoms with Crippen molar-refractivity contribution in [1.29, 1.82) is 0 Å². The van der Waals surface area contributed by atoms with Gasteiger partial charge in [-0.2, -0.15) is 0 Å². The normalized spacial score (nSPS) is 16.4. The third-order valence-electron chi connectivity index (χ3n) is 3.04. The zero-order valence-corrected chi connectivity index (χ0v) is 10.4. The van der Waals surface area contributed by atoms with E-state index in [4.69, 9.17) is 0 Å². The SMILES string of the molecule is CNc1cc(C(=O)NC(C)CC2CC2)ccn1. The van der Waals surface area contributed by atoms with Crippen molar-refractivity contribution < 1.29 is 4.79 Å². The van der Waals surface area contributed by atoms with Gasteiger partial charge in [-0.1, -0.05) is 12.8 Å². The summed E-state index contributed by atoms with van der Waals surface area (Å²) in [5.74, 6) is 1.53. The molecule has 0 radical (unpaired) electrons. The standard InChI is InChI=1S/C13H19N3O/c1-9(7-10-3-4-10)16-13(17)11-5-6-15-12(8-11)14-2/h5-6,8-10H,3-4,7H2,1-2H3,(H,14,15)(H,16,17). The second-order valence-corrected chi connectivity index (χ2v) is 4.73. The molecule has 0 saturated heterocycles. The Morgan fingerprint density at radius 3 is 3.00 bits per heavy atom. The summed E-state index contributed by atoms with van der Waals surface area (Å²) >= 11 is 0. The van der Waals surface area contributed by atoms with Crippen molar-refractivity contribution in [2.75, 3.05) is 12.4 Å². The molecule has 2 rings (SSSR count). The number of nitrogens with zero attached hydrogens (tertiary/aromatic N) is 1. The Kier molecular flexibility index (Phi) is 3.61. The molecule has 2 N–H and O–H groups in total. The Labute approximate surface area is 102 Å². The molecule has 0 aromatic carbocycles. The Morgan fingerprint density at radius 1 is 1.59 bits per heavy atom. The summed E-state index contributed by atoms with van der Waals surface area (Å²) in [6.07, 6.45) is 5.38. The van der Waals surface area contributed by atoms with Gasteiger partial charge in [-0.25, -0.2) is 4.98 Å². The van der Waals surface area contributed by atoms with Crippen LogP contribution in [0.4, 0.5) is 5.82 Å². The smallest absolute Gasteiger partial charge is 0.251 e. The maximum atomic E-state index is 12.0. The molecule has 1 unspecified atom stereocenters. The number of hydrogen-bond donors (Lipinski definition) is 2. The maximum Gasteiger partial charge on any atom is 0.251 e. The van der Waals surface area contributed by atoms with Gasteiger partial charge in [0.15, 0.2) is 0 Å². The number of rotatable bonds is 5. The minimum absolute atomic E-state index is 0.0166. The minimum Gasteiger partial charge on any atom is -0.373 e. The predicted molar refractivity (Wildman–Crippen MR) is 68.1 cm³/mol. The Balaban J connectivity index is 1.92. The fraction of sp³-hybridized carbons (Fsp3) is 0.538. The van der Waals surface area contributed by atoms with Gasteiger partial charge in [-0.05, 0) is 31.4 Å². The number of pyridine rings is 1. The Morgan fingerprint density at radius 2 is 2.35 bits per heavy atom. The van der Waals surface area contributed by atoms with Crippen molar-refractivity contribution in [3.8, 4) is 0 Å². The summed E-state index contributed by atoms with van der Waals surface area (Å²) in [5, 5.41) is 5.95. The first kappa shape index (κ1) is 11.9. The molecule has 17 heavy (non-hydrogen) atoms. The van der Waals surface area contributed by atoms with Gasteiger partial charge in [0.05, 0.1) is 0 Å². The first-order valence-corrected chi connectivity index (χ1v) is 6.13. The Bertz CT molecular complexity index is 401. The lowest BCUT2D eigenvalue weighted by Gasteiger charge is -2.13. The average Bonchev–Trinajstić information content (AvgIpc) is 3.12. The van der Waals surface area contributed by atoms with Crippen LogP contribution in [-0.4, -0.2) is 24.0 Å². The van der Waals surface area contributed by atoms with Crippen LogP contribution in [0.25, 0.3) is 0 Å². The molecular weight excluding hydrogens is 214 g/mol. The van der Waals surface area contributed by atoms with Crippen LogP contribution < -0.4 is 10.6 Å². The number of anilines is 1. The summed E-state index contributed by atoms with van der Waals surface area (Å²) in [7, 11) is 1.79. The molecule has 0 aliphatic heterocycles. The first-order chi connectivity index (χ1) is 8.19. The fourth-order valence-electron chi connectivity index (χ4n) is 1.93. The van der Waals surface area contributed by atoms with Crippen LogP contribution in [0.1, 0.15) is 36.5 Å². The van der Waals surface area contributed by atoms with Crippen LogP contribution in [0.15, 0.2) is 18.3 Å². The van der Waals surface area contributed by atoms with E-state index in [0.29, 0.717) is 11.4 Å². The largest absolute Gasteiger partial charge is 0.373 e. The monoisotopic (exact) mass is 233 g/mol. The molecule has 1 amide bonds. The number of carbonyl (C=O) groups excluding carboxylic acids is 1. The molecule has 4 heteroatoms. The van der Waals surface area contributed by atoms with Crippen LogP contribution in [0.2, 0.25) is 0 Å². The molecule has 1 aliphatic rings. The second-order valence-electron chi connectivity index (χ2n) is 4.73. The molecule has 0 spiro atoms. The lowest BCUT2D eigenvalue weighted by atomic mass is 10.1. The third-order valence-corrected chi connectivity index (χ3v) is 3.04. The van der Waals surface area contributed by atoms with Gasteiger partial charge in [-0.3, -0.25) is 4.79 Å². The molecule has 1 fully saturated rings. The van der Waals surface area contributed by atoms with E-state index in [-0.39, 0.29) is 11.9 Å². The van der Waals surface area contributed by atoms with E-state index < -0.39 is 0 Å². The van der Waals surface area contributed by atoms with Crippen LogP contribution in [-0.2, 0) is 0 Å². The molecule has 1 saturated carbocycles. The van der Waals surface area contributed by atoms with Crippen LogP contribution in [0.5, 0.6) is 0 Å². The highest BCUT2D eigenvalue weighted by Gasteiger charge is 2.24. The number of carbonyl (C=O) groups is 1. The van der Waals surface area contributed by atoms with Crippen molar-refractivity contribution in [3.63, 3.8) is 0 Å². The summed E-state index contributed by atoms with van der Waals surface area (Å²) in [6, 6.07) is 3.75. The molecule has 1 aliphatic carbocycles. The summed E-state index contributed by atoms with van der Waals surface area (Å²) in [6.45, 7) is 2.07. The molecule has 1 atom stereocenters. The quantitative estimate of drug-likeness (QED) is 0.818. The molecule has 1 aromatic heterocycles. The number of nitrogens with one attached hydrogen (secondary N) is 2. The molecule has 92 valence electrons. The number of aromatic nitrogens is 1. The summed E-state index contributed by atoms with van der Waals surface area (Å²) < 4.78 is 0. The van der Waals surface area contributed by atoms with E-state index >= 15 is 0 Å². The van der Waals surface area contributed by atoms with E-state index in [2.05, 4.69) is 22.5 Å². The third kappa shape index (κ3) is 3.44. The second kappa shape index (κ2) is 5.17. The van der Waals surface area contributed by atoms with E-state index in [1.807, 2.05) is 0 Å². The number of amides is 1. The van der Waals surface area contributed by atoms with Gasteiger partial charge in [0.2, 0.25) is 0 Å². The van der Waals surface area contributed by atoms with Gasteiger partial charge in [0, 0.05) is 24.8 Å². The Hall–Kier alpha value is -1.58. The van der Waals surface area contributed by atoms with Crippen molar-refractivity contribution in [2.45, 2.75) is 32.2 Å². The lowest BCUT2D eigenvalue weighted by molar-refractivity contribution is 0.0937. The van der Waals surface area contributed by atoms with Crippen molar-refractivity contribution in [3.05, 3.63) is 23.9 Å². The highest BCUT2D eigenvalue weighted by atomic mass is 16.1. The molecule has 1 heterocycles. The van der Waals surface area contributed by atoms with Crippen molar-refractivity contribution in [2.24, 2.45) is 5.92 Å². The molecule has 1 aromatic rings. The highest BCUT2D eigenvalue weighted by Crippen LogP contribution is 2.33. The zero-order valence-electron chi connectivity index (χ0n) is 10.4. The van der Waals surface area contributed by atoms with Gasteiger partial charge in [0.25, 0.3) is 5.91 Å². The van der Waals surface area contributed by atoms with E-state index in [9.17, 15) is 4.79 Å². The fourth-order valence-corrected chi connectivity index (χ4v) is 1.93. The average molecular weight is 233 g/mol. The topological polar surface area (TPSA) is 54.0 Å². The lowest BCUT2D eigenvalue weighted by Crippen LogP contribution is -2.32. The zero-order chi connectivity index (χ0) is 12.3. The molecule has 4 nitrogen and oxygen atoms in total. The summed E-state index contributed by atoms with van der Waals surface area (Å²) in [4.78, 5) is 16.0. The van der Waals surface area contributed by atoms with Crippen LogP contribution in [0.3, 0.4) is 0 Å². The van der Waals surface area contributed by atoms with E-state index in [1.165, 1.54) is 12.8 Å². The van der Waals surface area contributed by atoms with Crippen molar-refractivity contribution >= 4 is 11.7 Å². The maximum absolute atomic E-state index is 12.0. The van der Waals surface area contributed by atoms with Gasteiger partial charge >= 0.3 is 0 Å². The van der Waals surface area contributed by atoms with Crippen LogP contribution >= 0.6 is 0 Å². The van der Waals surface area contributed by atoms with Gasteiger partial charge in [0.1, 0.15) is 5.82 Å². The first-order valence-electron chi connectivity index (χ1n) is 6.13. The highest BCUT2D eigenvalue weighted by molar-refractivity contribution is 5.94. The van der Waals surface area contributed by atoms with Gasteiger partial charge in [-0.15, -0.1) is 0 Å². The van der Waals surface area contributed by atoms with E-state index in [1.54, 1.807) is 25.4 Å². The molecular formula is C13H19N3O. The summed E-state index contributed by atoms with van der Waals surface area (Å²) in [5.41, 5.74) is 0.659. The van der Waals surface area contributed by atoms with Gasteiger partial charge < -0.3 is 10.6 Å².